The van der Waals surface area contributed by atoms with Crippen LogP contribution in [0.5, 0.6) is 0 Å². The third kappa shape index (κ3) is 3.85. The second kappa shape index (κ2) is 8.36. The Morgan fingerprint density at radius 1 is 0.840 bits per heavy atom. The number of fused-ring (bicyclic) bond motifs is 1. The highest BCUT2D eigenvalue weighted by Crippen LogP contribution is 2.54. The summed E-state index contributed by atoms with van der Waals surface area (Å²) in [5, 5.41) is -0.608. The van der Waals surface area contributed by atoms with Crippen molar-refractivity contribution in [1.82, 2.24) is 0 Å². The van der Waals surface area contributed by atoms with Crippen LogP contribution in [0.25, 0.3) is 0 Å². The lowest BCUT2D eigenvalue weighted by Crippen LogP contribution is -2.72. The number of hydrogen-bond donors (Lipinski definition) is 0. The number of rotatable bonds is 11. The van der Waals surface area contributed by atoms with E-state index in [1.165, 1.54) is 0 Å². The van der Waals surface area contributed by atoms with E-state index in [1.807, 2.05) is 27.7 Å². The Morgan fingerprint density at radius 3 is 1.84 bits per heavy atom. The van der Waals surface area contributed by atoms with Gasteiger partial charge in [0.2, 0.25) is 0 Å². The maximum absolute atomic E-state index is 6.47. The molecule has 25 heavy (non-hydrogen) atoms. The molecule has 1 saturated carbocycles. The highest BCUT2D eigenvalue weighted by molar-refractivity contribution is 6.64. The van der Waals surface area contributed by atoms with Gasteiger partial charge in [-0.15, -0.1) is 0 Å². The first-order valence-corrected chi connectivity index (χ1v) is 11.8. The van der Waals surface area contributed by atoms with Gasteiger partial charge in [0.15, 0.2) is 0 Å². The van der Waals surface area contributed by atoms with Gasteiger partial charge in [0.1, 0.15) is 5.22 Å². The second-order valence-corrected chi connectivity index (χ2v) is 10.7. The third-order valence-corrected chi connectivity index (χ3v) is 10.2. The molecule has 0 aromatic rings. The van der Waals surface area contributed by atoms with Gasteiger partial charge in [-0.2, -0.15) is 0 Å². The molecule has 5 nitrogen and oxygen atoms in total. The van der Waals surface area contributed by atoms with Crippen molar-refractivity contribution in [1.29, 1.82) is 0 Å². The summed E-state index contributed by atoms with van der Waals surface area (Å²) in [4.78, 5) is 0. The monoisotopic (exact) mass is 374 g/mol. The summed E-state index contributed by atoms with van der Waals surface area (Å²) in [7, 11) is -3.06. The first-order valence-electron chi connectivity index (χ1n) is 10.0. The molecule has 0 radical (unpaired) electrons. The fraction of sp³-hybridized carbons (Fsp3) is 1.00. The molecular weight excluding hydrogens is 336 g/mol. The van der Waals surface area contributed by atoms with E-state index in [9.17, 15) is 0 Å². The fourth-order valence-electron chi connectivity index (χ4n) is 4.51. The van der Waals surface area contributed by atoms with Gasteiger partial charge < -0.3 is 22.8 Å². The van der Waals surface area contributed by atoms with E-state index in [1.54, 1.807) is 0 Å². The molecule has 0 aromatic carbocycles. The topological polar surface area (TPSA) is 49.5 Å². The minimum Gasteiger partial charge on any atom is -0.372 e. The molecule has 148 valence electrons. The van der Waals surface area contributed by atoms with Gasteiger partial charge in [-0.05, 0) is 59.8 Å². The lowest BCUT2D eigenvalue weighted by molar-refractivity contribution is -0.136. The van der Waals surface area contributed by atoms with Crippen molar-refractivity contribution in [2.24, 2.45) is 11.3 Å². The van der Waals surface area contributed by atoms with E-state index in [0.717, 1.165) is 19.3 Å². The summed E-state index contributed by atoms with van der Waals surface area (Å²) in [6, 6.07) is 0. The molecule has 0 amide bonds. The highest BCUT2D eigenvalue weighted by atomic mass is 28.4. The standard InChI is InChI=1S/C19H38O5Si/c1-8-20-19(7,25(21-9-2,22-10-3)23-11-4)18(5,6)15-12-13-16-17(14-15)24-16/h15-17H,8-14H2,1-7H3. The second-order valence-electron chi connectivity index (χ2n) is 7.77. The van der Waals surface area contributed by atoms with Crippen molar-refractivity contribution in [2.45, 2.75) is 85.2 Å². The Kier molecular flexibility index (Phi) is 7.13. The number of hydrogen-bond acceptors (Lipinski definition) is 5. The van der Waals surface area contributed by atoms with Crippen LogP contribution in [0.2, 0.25) is 0 Å². The molecule has 0 aromatic heterocycles. The van der Waals surface area contributed by atoms with Crippen LogP contribution in [0.4, 0.5) is 0 Å². The molecule has 0 spiro atoms. The van der Waals surface area contributed by atoms with Crippen LogP contribution < -0.4 is 0 Å². The molecule has 1 saturated heterocycles. The average molecular weight is 375 g/mol. The summed E-state index contributed by atoms with van der Waals surface area (Å²) >= 11 is 0. The van der Waals surface area contributed by atoms with E-state index in [2.05, 4.69) is 20.8 Å². The SMILES string of the molecule is CCOC(C)(C(C)(C)C1CCC2OC2C1)[Si](OCC)(OCC)OCC. The summed E-state index contributed by atoms with van der Waals surface area (Å²) in [6.45, 7) is 17.1. The van der Waals surface area contributed by atoms with Crippen LogP contribution >= 0.6 is 0 Å². The molecule has 4 atom stereocenters. The highest BCUT2D eigenvalue weighted by Gasteiger charge is 2.68. The van der Waals surface area contributed by atoms with Crippen molar-refractivity contribution < 1.29 is 22.8 Å². The van der Waals surface area contributed by atoms with Crippen LogP contribution in [0, 0.1) is 11.3 Å². The maximum atomic E-state index is 6.47. The molecule has 2 aliphatic rings. The largest absolute Gasteiger partial charge is 0.535 e. The molecule has 1 heterocycles. The van der Waals surface area contributed by atoms with Crippen molar-refractivity contribution >= 4 is 8.80 Å². The van der Waals surface area contributed by atoms with Crippen LogP contribution in [-0.2, 0) is 22.8 Å². The molecule has 1 aliphatic carbocycles. The summed E-state index contributed by atoms with van der Waals surface area (Å²) in [6.07, 6.45) is 4.33. The van der Waals surface area contributed by atoms with Crippen LogP contribution in [0.1, 0.15) is 67.7 Å². The molecule has 6 heteroatoms. The van der Waals surface area contributed by atoms with Crippen molar-refractivity contribution in [3.8, 4) is 0 Å². The molecule has 0 bridgehead atoms. The van der Waals surface area contributed by atoms with E-state index in [4.69, 9.17) is 22.8 Å². The Hall–Kier alpha value is 0.0169. The van der Waals surface area contributed by atoms with Crippen molar-refractivity contribution in [3.05, 3.63) is 0 Å². The molecule has 2 rings (SSSR count). The van der Waals surface area contributed by atoms with Crippen molar-refractivity contribution in [3.63, 3.8) is 0 Å². The van der Waals surface area contributed by atoms with Crippen LogP contribution in [0.15, 0.2) is 0 Å². The van der Waals surface area contributed by atoms with Gasteiger partial charge >= 0.3 is 8.80 Å². The van der Waals surface area contributed by atoms with Crippen LogP contribution in [-0.4, -0.2) is 52.7 Å². The van der Waals surface area contributed by atoms with Gasteiger partial charge in [0.05, 0.1) is 12.2 Å². The lowest BCUT2D eigenvalue weighted by atomic mass is 9.68. The van der Waals surface area contributed by atoms with Crippen molar-refractivity contribution in [2.75, 3.05) is 26.4 Å². The normalized spacial score (nSPS) is 29.2. The van der Waals surface area contributed by atoms with E-state index in [-0.39, 0.29) is 5.41 Å². The maximum Gasteiger partial charge on any atom is 0.535 e. The minimum atomic E-state index is -3.06. The van der Waals surface area contributed by atoms with Gasteiger partial charge in [0, 0.05) is 31.8 Å². The third-order valence-electron chi connectivity index (χ3n) is 6.27. The summed E-state index contributed by atoms with van der Waals surface area (Å²) in [5.74, 6) is 0.501. The zero-order chi connectivity index (χ0) is 18.7. The predicted octanol–water partition coefficient (Wildman–Crippen LogP) is 3.96. The van der Waals surface area contributed by atoms with Gasteiger partial charge in [-0.1, -0.05) is 13.8 Å². The number of epoxide rings is 1. The van der Waals surface area contributed by atoms with E-state index >= 15 is 0 Å². The Morgan fingerprint density at radius 2 is 1.40 bits per heavy atom. The summed E-state index contributed by atoms with van der Waals surface area (Å²) in [5.41, 5.74) is -0.147. The zero-order valence-electron chi connectivity index (χ0n) is 17.2. The smallest absolute Gasteiger partial charge is 0.372 e. The summed E-state index contributed by atoms with van der Waals surface area (Å²) < 4.78 is 31.1. The van der Waals surface area contributed by atoms with E-state index in [0.29, 0.717) is 44.6 Å². The average Bonchev–Trinajstić information content (AvgIpc) is 3.34. The van der Waals surface area contributed by atoms with Gasteiger partial charge in [-0.3, -0.25) is 0 Å². The molecule has 1 aliphatic heterocycles. The molecular formula is C19H38O5Si. The lowest BCUT2D eigenvalue weighted by Gasteiger charge is -2.54. The van der Waals surface area contributed by atoms with Gasteiger partial charge in [0.25, 0.3) is 0 Å². The fourth-order valence-corrected chi connectivity index (χ4v) is 8.05. The predicted molar refractivity (Wildman–Crippen MR) is 100 cm³/mol. The van der Waals surface area contributed by atoms with Gasteiger partial charge in [-0.25, -0.2) is 0 Å². The minimum absolute atomic E-state index is 0.147. The first-order chi connectivity index (χ1) is 11.8. The molecule has 4 unspecified atom stereocenters. The Bertz CT molecular complexity index is 413. The Labute approximate surface area is 155 Å². The number of ether oxygens (including phenoxy) is 2. The first kappa shape index (κ1) is 21.3. The molecule has 2 fully saturated rings. The zero-order valence-corrected chi connectivity index (χ0v) is 18.2. The van der Waals surface area contributed by atoms with E-state index < -0.39 is 14.0 Å². The quantitative estimate of drug-likeness (QED) is 0.405. The molecule has 0 N–H and O–H groups in total. The van der Waals surface area contributed by atoms with Crippen LogP contribution in [0.3, 0.4) is 0 Å². The Balaban J connectivity index is 2.40.